The van der Waals surface area contributed by atoms with Gasteiger partial charge in [0.25, 0.3) is 0 Å². The van der Waals surface area contributed by atoms with E-state index in [1.54, 1.807) is 0 Å². The van der Waals surface area contributed by atoms with Crippen LogP contribution in [0.4, 0.5) is 0 Å². The maximum absolute atomic E-state index is 11.7. The summed E-state index contributed by atoms with van der Waals surface area (Å²) in [4.78, 5) is 11.7. The molecule has 2 nitrogen and oxygen atoms in total. The summed E-state index contributed by atoms with van der Waals surface area (Å²) in [5.41, 5.74) is 0.116. The second kappa shape index (κ2) is 3.16. The summed E-state index contributed by atoms with van der Waals surface area (Å²) in [6, 6.07) is 0.405. The minimum atomic E-state index is 0.116. The summed E-state index contributed by atoms with van der Waals surface area (Å²) in [6.07, 6.45) is 1.01. The van der Waals surface area contributed by atoms with Crippen LogP contribution in [0.5, 0.6) is 0 Å². The van der Waals surface area contributed by atoms with E-state index in [9.17, 15) is 4.79 Å². The van der Waals surface area contributed by atoms with Gasteiger partial charge in [0.15, 0.2) is 0 Å². The maximum Gasteiger partial charge on any atom is 0.235 e. The van der Waals surface area contributed by atoms with E-state index in [1.807, 2.05) is 3.11 Å². The number of halogens is 1. The monoisotopic (exact) mass is 281 g/mol. The lowest BCUT2D eigenvalue weighted by atomic mass is 9.79. The van der Waals surface area contributed by atoms with Gasteiger partial charge in [-0.3, -0.25) is 7.91 Å². The predicted molar refractivity (Wildman–Crippen MR) is 57.9 cm³/mol. The fourth-order valence-electron chi connectivity index (χ4n) is 1.62. The highest BCUT2D eigenvalue weighted by atomic mass is 127. The quantitative estimate of drug-likeness (QED) is 0.493. The van der Waals surface area contributed by atoms with Crippen molar-refractivity contribution < 1.29 is 4.79 Å². The largest absolute Gasteiger partial charge is 0.282 e. The number of hydrogen-bond acceptors (Lipinski definition) is 1. The van der Waals surface area contributed by atoms with Crippen molar-refractivity contribution in [3.63, 3.8) is 0 Å². The SMILES string of the molecule is CC1CC(C(C)(C)C)C(=O)N1I. The molecule has 1 aliphatic heterocycles. The molecule has 1 saturated heterocycles. The third-order valence-electron chi connectivity index (χ3n) is 2.52. The van der Waals surface area contributed by atoms with Crippen LogP contribution < -0.4 is 0 Å². The molecule has 1 heterocycles. The molecule has 0 aromatic carbocycles. The number of carbonyl (C=O) groups is 1. The van der Waals surface area contributed by atoms with Crippen LogP contribution in [0, 0.1) is 11.3 Å². The van der Waals surface area contributed by atoms with Crippen molar-refractivity contribution in [2.24, 2.45) is 11.3 Å². The lowest BCUT2D eigenvalue weighted by molar-refractivity contribution is -0.128. The molecule has 0 aromatic rings. The Morgan fingerprint density at radius 3 is 2.17 bits per heavy atom. The molecular formula is C9H16INO. The highest BCUT2D eigenvalue weighted by Crippen LogP contribution is 2.38. The molecular weight excluding hydrogens is 265 g/mol. The fraction of sp³-hybridized carbons (Fsp3) is 0.889. The Hall–Kier alpha value is 0.200. The zero-order valence-corrected chi connectivity index (χ0v) is 10.3. The average Bonchev–Trinajstić information content (AvgIpc) is 2.15. The maximum atomic E-state index is 11.7. The van der Waals surface area contributed by atoms with Crippen LogP contribution in [0.1, 0.15) is 34.1 Å². The van der Waals surface area contributed by atoms with Crippen LogP contribution in [0.3, 0.4) is 0 Å². The molecule has 1 amide bonds. The van der Waals surface area contributed by atoms with Gasteiger partial charge < -0.3 is 0 Å². The molecule has 0 saturated carbocycles. The van der Waals surface area contributed by atoms with Crippen molar-refractivity contribution in [2.75, 3.05) is 0 Å². The standard InChI is InChI=1S/C9H16INO/c1-6-5-7(9(2,3)4)8(12)11(6)10/h6-7H,5H2,1-4H3. The highest BCUT2D eigenvalue weighted by Gasteiger charge is 2.42. The van der Waals surface area contributed by atoms with Crippen LogP contribution in [-0.4, -0.2) is 15.1 Å². The molecule has 0 radical (unpaired) electrons. The summed E-state index contributed by atoms with van der Waals surface area (Å²) in [6.45, 7) is 8.52. The Labute approximate surface area is 88.2 Å². The highest BCUT2D eigenvalue weighted by molar-refractivity contribution is 14.1. The van der Waals surface area contributed by atoms with E-state index in [0.717, 1.165) is 6.42 Å². The first-order valence-corrected chi connectivity index (χ1v) is 5.29. The normalized spacial score (nSPS) is 31.4. The van der Waals surface area contributed by atoms with Crippen LogP contribution in [0.15, 0.2) is 0 Å². The molecule has 2 atom stereocenters. The van der Waals surface area contributed by atoms with Gasteiger partial charge >= 0.3 is 0 Å². The number of rotatable bonds is 0. The molecule has 0 spiro atoms. The van der Waals surface area contributed by atoms with Crippen molar-refractivity contribution >= 4 is 28.8 Å². The summed E-state index contributed by atoms with van der Waals surface area (Å²) >= 11 is 2.12. The first kappa shape index (κ1) is 10.3. The van der Waals surface area contributed by atoms with Gasteiger partial charge in [0, 0.05) is 12.0 Å². The molecule has 1 fully saturated rings. The number of hydrogen-bond donors (Lipinski definition) is 0. The zero-order valence-electron chi connectivity index (χ0n) is 8.10. The fourth-order valence-corrected chi connectivity index (χ4v) is 2.19. The average molecular weight is 281 g/mol. The molecule has 0 bridgehead atoms. The lowest BCUT2D eigenvalue weighted by Crippen LogP contribution is -2.28. The van der Waals surface area contributed by atoms with Gasteiger partial charge in [-0.1, -0.05) is 20.8 Å². The molecule has 3 heteroatoms. The van der Waals surface area contributed by atoms with E-state index in [4.69, 9.17) is 0 Å². The third-order valence-corrected chi connectivity index (χ3v) is 3.94. The Bertz CT molecular complexity index is 197. The van der Waals surface area contributed by atoms with Crippen LogP contribution in [0.25, 0.3) is 0 Å². The lowest BCUT2D eigenvalue weighted by Gasteiger charge is -2.24. The molecule has 0 N–H and O–H groups in total. The Morgan fingerprint density at radius 2 is 2.00 bits per heavy atom. The van der Waals surface area contributed by atoms with E-state index in [0.29, 0.717) is 11.9 Å². The first-order chi connectivity index (χ1) is 5.34. The van der Waals surface area contributed by atoms with E-state index in [-0.39, 0.29) is 11.3 Å². The Morgan fingerprint density at radius 1 is 1.50 bits per heavy atom. The van der Waals surface area contributed by atoms with Gasteiger partial charge in [0.05, 0.1) is 22.9 Å². The van der Waals surface area contributed by atoms with Gasteiger partial charge in [-0.15, -0.1) is 0 Å². The zero-order chi connectivity index (χ0) is 9.52. The van der Waals surface area contributed by atoms with Gasteiger partial charge in [-0.05, 0) is 18.8 Å². The number of amides is 1. The van der Waals surface area contributed by atoms with Crippen LogP contribution in [0.2, 0.25) is 0 Å². The third kappa shape index (κ3) is 1.75. The number of carbonyl (C=O) groups excluding carboxylic acids is 1. The van der Waals surface area contributed by atoms with Gasteiger partial charge in [-0.25, -0.2) is 0 Å². The van der Waals surface area contributed by atoms with Gasteiger partial charge in [0.2, 0.25) is 5.91 Å². The molecule has 0 aliphatic carbocycles. The Kier molecular flexibility index (Phi) is 2.71. The summed E-state index contributed by atoms with van der Waals surface area (Å²) in [7, 11) is 0. The smallest absolute Gasteiger partial charge is 0.235 e. The van der Waals surface area contributed by atoms with Crippen molar-refractivity contribution in [3.05, 3.63) is 0 Å². The van der Waals surface area contributed by atoms with E-state index in [1.165, 1.54) is 0 Å². The minimum Gasteiger partial charge on any atom is -0.282 e. The molecule has 1 rings (SSSR count). The van der Waals surface area contributed by atoms with E-state index < -0.39 is 0 Å². The van der Waals surface area contributed by atoms with E-state index in [2.05, 4.69) is 50.6 Å². The molecule has 1 aliphatic rings. The van der Waals surface area contributed by atoms with Crippen molar-refractivity contribution in [3.8, 4) is 0 Å². The Balaban J connectivity index is 2.78. The molecule has 2 unspecified atom stereocenters. The summed E-state index contributed by atoms with van der Waals surface area (Å²) in [5.74, 6) is 0.514. The van der Waals surface area contributed by atoms with E-state index >= 15 is 0 Å². The van der Waals surface area contributed by atoms with Crippen LogP contribution in [-0.2, 0) is 4.79 Å². The van der Waals surface area contributed by atoms with Crippen molar-refractivity contribution in [2.45, 2.75) is 40.2 Å². The van der Waals surface area contributed by atoms with Gasteiger partial charge in [-0.2, -0.15) is 0 Å². The molecule has 12 heavy (non-hydrogen) atoms. The number of nitrogens with zero attached hydrogens (tertiary/aromatic N) is 1. The second-order valence-electron chi connectivity index (χ2n) is 4.65. The minimum absolute atomic E-state index is 0.116. The van der Waals surface area contributed by atoms with Crippen molar-refractivity contribution in [1.29, 1.82) is 0 Å². The summed E-state index contributed by atoms with van der Waals surface area (Å²) in [5, 5.41) is 0. The second-order valence-corrected chi connectivity index (χ2v) is 5.69. The molecule has 0 aromatic heterocycles. The first-order valence-electron chi connectivity index (χ1n) is 4.33. The summed E-state index contributed by atoms with van der Waals surface area (Å²) < 4.78 is 1.84. The van der Waals surface area contributed by atoms with Gasteiger partial charge in [0.1, 0.15) is 0 Å². The predicted octanol–water partition coefficient (Wildman–Crippen LogP) is 2.62. The van der Waals surface area contributed by atoms with Crippen molar-refractivity contribution in [1.82, 2.24) is 3.11 Å². The molecule has 70 valence electrons. The van der Waals surface area contributed by atoms with Crippen LogP contribution >= 0.6 is 22.9 Å². The topological polar surface area (TPSA) is 20.3 Å².